The van der Waals surface area contributed by atoms with Crippen molar-refractivity contribution in [3.63, 3.8) is 0 Å². The van der Waals surface area contributed by atoms with Crippen LogP contribution in [0.2, 0.25) is 0 Å². The second kappa shape index (κ2) is 11.8. The zero-order valence-corrected chi connectivity index (χ0v) is 23.9. The molecule has 2 nitrogen and oxygen atoms in total. The van der Waals surface area contributed by atoms with Crippen LogP contribution in [0.4, 0.5) is 17.1 Å². The van der Waals surface area contributed by atoms with Crippen molar-refractivity contribution >= 4 is 49.8 Å². The van der Waals surface area contributed by atoms with E-state index in [9.17, 15) is 15.1 Å². The monoisotopic (exact) mass is 644 g/mol. The smallest absolute Gasteiger partial charge is 0.143 e. The number of nitrogens with zero attached hydrogens (tertiary/aromatic N) is 1. The van der Waals surface area contributed by atoms with Gasteiger partial charge >= 0.3 is 0 Å². The van der Waals surface area contributed by atoms with Crippen molar-refractivity contribution in [2.45, 2.75) is 0 Å². The van der Waals surface area contributed by atoms with Crippen molar-refractivity contribution < 1.29 is 46.9 Å². The van der Waals surface area contributed by atoms with Crippen LogP contribution in [0, 0.1) is 0 Å². The number of hydrogen-bond acceptors (Lipinski definition) is 2. The normalized spacial score (nSPS) is 20.4. The summed E-state index contributed by atoms with van der Waals surface area (Å²) in [4.78, 5) is 0.360. The van der Waals surface area contributed by atoms with E-state index in [2.05, 4.69) is 0 Å². The molecule has 1 heterocycles. The van der Waals surface area contributed by atoms with Crippen LogP contribution in [0.25, 0.3) is 66.1 Å². The lowest BCUT2D eigenvalue weighted by Gasteiger charge is -2.27. The summed E-state index contributed by atoms with van der Waals surface area (Å²) in [5, 5.41) is -2.99. The van der Waals surface area contributed by atoms with E-state index in [1.165, 1.54) is 0 Å². The summed E-state index contributed by atoms with van der Waals surface area (Å²) >= 11 is 0. The fourth-order valence-electron chi connectivity index (χ4n) is 5.04. The van der Waals surface area contributed by atoms with E-state index in [-0.39, 0.29) is 0 Å². The first-order valence-corrected chi connectivity index (χ1v) is 13.8. The Morgan fingerprint density at radius 3 is 1.67 bits per heavy atom. The fourth-order valence-corrected chi connectivity index (χ4v) is 5.04. The number of fused-ring (bicyclic) bond motifs is 5. The van der Waals surface area contributed by atoms with Gasteiger partial charge in [-0.3, -0.25) is 0 Å². The molecule has 9 aromatic rings. The maximum Gasteiger partial charge on any atom is 0.143 e. The van der Waals surface area contributed by atoms with Crippen molar-refractivity contribution in [2.24, 2.45) is 0 Å². The van der Waals surface area contributed by atoms with Crippen molar-refractivity contribution in [3.8, 4) is 33.4 Å². The first kappa shape index (κ1) is 10.6. The van der Waals surface area contributed by atoms with Crippen LogP contribution in [0.1, 0.15) is 42.5 Å². The molecule has 2 heteroatoms. The molecule has 0 aliphatic carbocycles. The summed E-state index contributed by atoms with van der Waals surface area (Å²) < 4.78 is 283. The molecule has 0 saturated heterocycles. The molecule has 0 unspecified atom stereocenters. The molecule has 0 aliphatic heterocycles. The van der Waals surface area contributed by atoms with Gasteiger partial charge in [-0.25, -0.2) is 0 Å². The highest BCUT2D eigenvalue weighted by Crippen LogP contribution is 2.46. The first-order chi connectivity index (χ1) is 36.7. The summed E-state index contributed by atoms with van der Waals surface area (Å²) in [6, 6.07) is -33.0. The van der Waals surface area contributed by atoms with Crippen molar-refractivity contribution in [3.05, 3.63) is 187 Å². The third kappa shape index (κ3) is 4.83. The molecule has 1 aromatic heterocycles. The first-order valence-electron chi connectivity index (χ1n) is 29.3. The molecule has 9 rings (SSSR count). The van der Waals surface area contributed by atoms with Gasteiger partial charge in [0, 0.05) is 22.1 Å². The van der Waals surface area contributed by atoms with Gasteiger partial charge in [0.1, 0.15) is 11.2 Å². The lowest BCUT2D eigenvalue weighted by atomic mass is 9.95. The number of rotatable bonds is 6. The Labute approximate surface area is 323 Å². The standard InChI is InChI=1S/C46H31NO/c1-4-14-32(15-5-1)34-26-28-37(29-27-34)47(38-21-12-20-36(30-38)33-16-6-2-7-17-33)43-24-13-25-44-45(43)42-31-41(35-18-8-3-9-19-35)39-22-10-11-23-40(39)46(42)48-44/h1-31H/i1D,2D,3D,4D,5D,6D,7D,8D,9D,10D,11D,12D,13D,14D,15D,16D,17D,18D,19D,20D,21D,22D,23D,24D,25D,26D,27D,28D,29D,30D,31D. The van der Waals surface area contributed by atoms with E-state index in [0.717, 1.165) is 0 Å². The van der Waals surface area contributed by atoms with Crippen LogP contribution in [-0.2, 0) is 0 Å². The zero-order chi connectivity index (χ0) is 58.8. The van der Waals surface area contributed by atoms with Crippen LogP contribution in [0.3, 0.4) is 0 Å². The van der Waals surface area contributed by atoms with Gasteiger partial charge in [-0.15, -0.1) is 0 Å². The second-order valence-corrected chi connectivity index (χ2v) is 9.77. The van der Waals surface area contributed by atoms with E-state index in [1.54, 1.807) is 0 Å². The predicted molar refractivity (Wildman–Crippen MR) is 202 cm³/mol. The molecule has 0 aliphatic rings. The molecule has 0 fully saturated rings. The fraction of sp³-hybridized carbons (Fsp3) is 0. The van der Waals surface area contributed by atoms with E-state index >= 15 is 0 Å². The number of anilines is 3. The van der Waals surface area contributed by atoms with Gasteiger partial charge in [0.25, 0.3) is 0 Å². The summed E-state index contributed by atoms with van der Waals surface area (Å²) in [6.07, 6.45) is 0. The Kier molecular flexibility index (Phi) is 2.59. The molecular formula is C46H31NO. The third-order valence-electron chi connectivity index (χ3n) is 7.06. The minimum absolute atomic E-state index is 0.360. The summed E-state index contributed by atoms with van der Waals surface area (Å²) in [5.41, 5.74) is -10.5. The molecule has 0 amide bonds. The second-order valence-electron chi connectivity index (χ2n) is 9.77. The van der Waals surface area contributed by atoms with Crippen molar-refractivity contribution in [1.82, 2.24) is 0 Å². The van der Waals surface area contributed by atoms with Crippen LogP contribution in [0.5, 0.6) is 0 Å². The van der Waals surface area contributed by atoms with E-state index in [0.29, 0.717) is 4.90 Å². The van der Waals surface area contributed by atoms with Gasteiger partial charge in [-0.05, 0) is 81.1 Å². The quantitative estimate of drug-likeness (QED) is 0.179. The third-order valence-corrected chi connectivity index (χ3v) is 7.06. The summed E-state index contributed by atoms with van der Waals surface area (Å²) in [7, 11) is 0. The zero-order valence-electron chi connectivity index (χ0n) is 54.9. The molecule has 0 radical (unpaired) electrons. The Balaban J connectivity index is 1.62. The number of benzene rings is 8. The Hall–Kier alpha value is -6.38. The van der Waals surface area contributed by atoms with Gasteiger partial charge in [0.15, 0.2) is 0 Å². The highest BCUT2D eigenvalue weighted by atomic mass is 16.3. The van der Waals surface area contributed by atoms with Crippen LogP contribution >= 0.6 is 0 Å². The minimum atomic E-state index is -1.31. The van der Waals surface area contributed by atoms with E-state index in [1.807, 2.05) is 0 Å². The predicted octanol–water partition coefficient (Wildman–Crippen LogP) is 13.2. The maximum atomic E-state index is 9.97. The van der Waals surface area contributed by atoms with Gasteiger partial charge in [-0.1, -0.05) is 145 Å². The average molecular weight is 645 g/mol. The average Bonchev–Trinajstić information content (AvgIpc) is 3.37. The van der Waals surface area contributed by atoms with Gasteiger partial charge < -0.3 is 9.32 Å². The lowest BCUT2D eigenvalue weighted by Crippen LogP contribution is -2.10. The molecular weight excluding hydrogens is 583 g/mol. The van der Waals surface area contributed by atoms with Gasteiger partial charge in [0.05, 0.1) is 53.6 Å². The maximum absolute atomic E-state index is 9.97. The number of furan rings is 1. The lowest BCUT2D eigenvalue weighted by molar-refractivity contribution is 0.672. The largest absolute Gasteiger partial charge is 0.455 e. The Morgan fingerprint density at radius 1 is 0.396 bits per heavy atom. The topological polar surface area (TPSA) is 16.4 Å². The number of hydrogen-bond donors (Lipinski definition) is 0. The molecule has 0 spiro atoms. The highest BCUT2D eigenvalue weighted by Gasteiger charge is 2.22. The molecule has 226 valence electrons. The van der Waals surface area contributed by atoms with Gasteiger partial charge in [-0.2, -0.15) is 0 Å². The van der Waals surface area contributed by atoms with Crippen LogP contribution < -0.4 is 4.90 Å². The van der Waals surface area contributed by atoms with Gasteiger partial charge in [0.2, 0.25) is 0 Å². The molecule has 8 aromatic carbocycles. The van der Waals surface area contributed by atoms with Crippen LogP contribution in [0.15, 0.2) is 192 Å². The van der Waals surface area contributed by atoms with E-state index < -0.39 is 270 Å². The van der Waals surface area contributed by atoms with E-state index in [4.69, 9.17) is 31.8 Å². The Morgan fingerprint density at radius 2 is 0.958 bits per heavy atom. The van der Waals surface area contributed by atoms with Crippen molar-refractivity contribution in [2.75, 3.05) is 4.90 Å². The molecule has 48 heavy (non-hydrogen) atoms. The molecule has 0 saturated carbocycles. The molecule has 0 N–H and O–H groups in total. The molecule has 0 atom stereocenters. The van der Waals surface area contributed by atoms with Crippen molar-refractivity contribution in [1.29, 1.82) is 0 Å². The molecule has 0 bridgehead atoms. The Bertz CT molecular complexity index is 4220. The highest BCUT2D eigenvalue weighted by molar-refractivity contribution is 6.22. The summed E-state index contributed by atoms with van der Waals surface area (Å²) in [5.74, 6) is 0. The summed E-state index contributed by atoms with van der Waals surface area (Å²) in [6.45, 7) is 0. The van der Waals surface area contributed by atoms with Crippen LogP contribution in [-0.4, -0.2) is 0 Å². The minimum Gasteiger partial charge on any atom is -0.455 e. The SMILES string of the molecule is [2H]c1c([2H])c([2H])c(-c2c([2H])c([2H])c(N(c3c([2H])c([2H])c([2H])c(-c4c([2H])c([2H])c([2H])c([2H])c4[2H])c3[2H])c3c([2H])c([2H])c([2H])c4oc5c6c([2H])c([2H])c([2H])c([2H])c6c(-c6c([2H])c([2H])c([2H])c([2H])c6[2H])c([2H])c5c34)c([2H])c2[2H])c([2H])c1[2H].